The first kappa shape index (κ1) is 18.1. The third kappa shape index (κ3) is 4.70. The number of hydrogen-bond acceptors (Lipinski definition) is 4. The zero-order valence-corrected chi connectivity index (χ0v) is 13.9. The van der Waals surface area contributed by atoms with Crippen LogP contribution in [0.25, 0.3) is 0 Å². The monoisotopic (exact) mass is 357 g/mol. The summed E-state index contributed by atoms with van der Waals surface area (Å²) in [6.45, 7) is 3.27. The number of pyridine rings is 1. The number of nitrogens with zero attached hydrogens (tertiary/aromatic N) is 2. The van der Waals surface area contributed by atoms with Gasteiger partial charge >= 0.3 is 6.18 Å². The molecule has 1 unspecified atom stereocenters. The van der Waals surface area contributed by atoms with E-state index in [0.717, 1.165) is 64.2 Å². The zero-order valence-electron chi connectivity index (χ0n) is 13.9. The predicted molar refractivity (Wildman–Crippen MR) is 86.0 cm³/mol. The lowest BCUT2D eigenvalue weighted by Gasteiger charge is -2.30. The maximum absolute atomic E-state index is 12.6. The normalized spacial score (nSPS) is 22.9. The van der Waals surface area contributed by atoms with Gasteiger partial charge in [-0.3, -0.25) is 9.69 Å². The van der Waals surface area contributed by atoms with Gasteiger partial charge in [-0.05, 0) is 50.3 Å². The molecular weight excluding hydrogens is 335 g/mol. The summed E-state index contributed by atoms with van der Waals surface area (Å²) in [5, 5.41) is 2.65. The minimum absolute atomic E-state index is 0.149. The molecule has 0 aliphatic carbocycles. The van der Waals surface area contributed by atoms with Crippen LogP contribution in [0, 0.1) is 5.92 Å². The molecule has 1 atom stereocenters. The van der Waals surface area contributed by atoms with Crippen molar-refractivity contribution in [2.45, 2.75) is 37.9 Å². The van der Waals surface area contributed by atoms with Gasteiger partial charge in [-0.25, -0.2) is 4.98 Å². The molecule has 2 aliphatic rings. The van der Waals surface area contributed by atoms with Gasteiger partial charge in [0.05, 0.1) is 11.6 Å². The lowest BCUT2D eigenvalue weighted by atomic mass is 9.99. The highest BCUT2D eigenvalue weighted by Crippen LogP contribution is 2.29. The van der Waals surface area contributed by atoms with E-state index in [1.54, 1.807) is 0 Å². The first-order valence-electron chi connectivity index (χ1n) is 8.59. The Balaban J connectivity index is 1.57. The van der Waals surface area contributed by atoms with E-state index in [1.807, 2.05) is 0 Å². The minimum Gasteiger partial charge on any atom is -0.381 e. The largest absolute Gasteiger partial charge is 0.417 e. The average Bonchev–Trinajstić information content (AvgIpc) is 3.04. The number of rotatable bonds is 4. The van der Waals surface area contributed by atoms with E-state index in [0.29, 0.717) is 5.92 Å². The highest BCUT2D eigenvalue weighted by Gasteiger charge is 2.33. The van der Waals surface area contributed by atoms with Crippen molar-refractivity contribution in [3.8, 4) is 0 Å². The van der Waals surface area contributed by atoms with Crippen LogP contribution in [0.3, 0.4) is 0 Å². The van der Waals surface area contributed by atoms with Gasteiger partial charge in [0.1, 0.15) is 5.82 Å². The Morgan fingerprint density at radius 1 is 1.28 bits per heavy atom. The number of amides is 1. The first-order chi connectivity index (χ1) is 11.9. The summed E-state index contributed by atoms with van der Waals surface area (Å²) >= 11 is 0. The van der Waals surface area contributed by atoms with E-state index >= 15 is 0 Å². The molecule has 2 aliphatic heterocycles. The second kappa shape index (κ2) is 7.70. The van der Waals surface area contributed by atoms with Crippen molar-refractivity contribution in [1.82, 2.24) is 9.88 Å². The fourth-order valence-corrected chi connectivity index (χ4v) is 3.45. The molecule has 0 radical (unpaired) electrons. The van der Waals surface area contributed by atoms with Crippen LogP contribution in [-0.2, 0) is 15.7 Å². The van der Waals surface area contributed by atoms with Crippen LogP contribution in [-0.4, -0.2) is 48.1 Å². The Kier molecular flexibility index (Phi) is 5.58. The molecule has 1 amide bonds. The number of ether oxygens (including phenoxy) is 1. The zero-order chi connectivity index (χ0) is 17.9. The Morgan fingerprint density at radius 3 is 2.68 bits per heavy atom. The van der Waals surface area contributed by atoms with Gasteiger partial charge in [-0.2, -0.15) is 13.2 Å². The summed E-state index contributed by atoms with van der Waals surface area (Å²) in [6.07, 6.45) is 0.0274. The molecule has 2 fully saturated rings. The van der Waals surface area contributed by atoms with E-state index in [4.69, 9.17) is 4.74 Å². The van der Waals surface area contributed by atoms with Crippen molar-refractivity contribution in [2.24, 2.45) is 5.92 Å². The summed E-state index contributed by atoms with van der Waals surface area (Å²) in [4.78, 5) is 18.4. The van der Waals surface area contributed by atoms with Crippen LogP contribution >= 0.6 is 0 Å². The summed E-state index contributed by atoms with van der Waals surface area (Å²) < 4.78 is 43.0. The molecule has 3 rings (SSSR count). The quantitative estimate of drug-likeness (QED) is 0.900. The van der Waals surface area contributed by atoms with Crippen LogP contribution in [0.4, 0.5) is 19.0 Å². The van der Waals surface area contributed by atoms with Crippen molar-refractivity contribution in [2.75, 3.05) is 31.6 Å². The Bertz CT molecular complexity index is 586. The van der Waals surface area contributed by atoms with Crippen molar-refractivity contribution < 1.29 is 22.7 Å². The predicted octanol–water partition coefficient (Wildman–Crippen LogP) is 2.93. The Morgan fingerprint density at radius 2 is 2.04 bits per heavy atom. The second-order valence-corrected chi connectivity index (χ2v) is 6.63. The topological polar surface area (TPSA) is 54.5 Å². The lowest BCUT2D eigenvalue weighted by Crippen LogP contribution is -2.42. The molecule has 0 bridgehead atoms. The first-order valence-corrected chi connectivity index (χ1v) is 8.59. The van der Waals surface area contributed by atoms with Crippen molar-refractivity contribution in [3.05, 3.63) is 23.9 Å². The van der Waals surface area contributed by atoms with E-state index in [9.17, 15) is 18.0 Å². The third-order valence-electron chi connectivity index (χ3n) is 4.84. The molecule has 0 spiro atoms. The standard InChI is InChI=1S/C17H22F3N3O2/c18-17(19,20)13-3-4-15(21-10-13)22-16(24)14-2-1-7-23(14)11-12-5-8-25-9-6-12/h3-4,10,12,14H,1-2,5-9,11H2,(H,21,22,24). The van der Waals surface area contributed by atoms with E-state index in [-0.39, 0.29) is 17.8 Å². The Labute approximate surface area is 144 Å². The molecule has 1 N–H and O–H groups in total. The van der Waals surface area contributed by atoms with Crippen molar-refractivity contribution >= 4 is 11.7 Å². The SMILES string of the molecule is O=C(Nc1ccc(C(F)(F)F)cn1)C1CCCN1CC1CCOCC1. The highest BCUT2D eigenvalue weighted by atomic mass is 19.4. The number of anilines is 1. The average molecular weight is 357 g/mol. The lowest BCUT2D eigenvalue weighted by molar-refractivity contribution is -0.137. The van der Waals surface area contributed by atoms with Gasteiger partial charge in [0.15, 0.2) is 0 Å². The van der Waals surface area contributed by atoms with Gasteiger partial charge < -0.3 is 10.1 Å². The van der Waals surface area contributed by atoms with Crippen LogP contribution in [0.1, 0.15) is 31.2 Å². The number of hydrogen-bond donors (Lipinski definition) is 1. The molecule has 0 aromatic carbocycles. The molecule has 8 heteroatoms. The number of nitrogens with one attached hydrogen (secondary N) is 1. The van der Waals surface area contributed by atoms with Gasteiger partial charge in [0, 0.05) is 26.0 Å². The summed E-state index contributed by atoms with van der Waals surface area (Å²) in [7, 11) is 0. The molecule has 138 valence electrons. The van der Waals surface area contributed by atoms with Crippen molar-refractivity contribution in [3.63, 3.8) is 0 Å². The molecule has 3 heterocycles. The smallest absolute Gasteiger partial charge is 0.381 e. The number of carbonyl (C=O) groups is 1. The molecule has 0 saturated carbocycles. The van der Waals surface area contributed by atoms with E-state index < -0.39 is 11.7 Å². The van der Waals surface area contributed by atoms with Crippen LogP contribution < -0.4 is 5.32 Å². The Hall–Kier alpha value is -1.67. The summed E-state index contributed by atoms with van der Waals surface area (Å²) in [6, 6.07) is 1.88. The maximum Gasteiger partial charge on any atom is 0.417 e. The number of halogens is 3. The van der Waals surface area contributed by atoms with Crippen molar-refractivity contribution in [1.29, 1.82) is 0 Å². The van der Waals surface area contributed by atoms with Gasteiger partial charge in [0.2, 0.25) is 5.91 Å². The molecule has 2 saturated heterocycles. The summed E-state index contributed by atoms with van der Waals surface area (Å²) in [5.41, 5.74) is -0.826. The fraction of sp³-hybridized carbons (Fsp3) is 0.647. The second-order valence-electron chi connectivity index (χ2n) is 6.63. The van der Waals surface area contributed by atoms with E-state index in [1.165, 1.54) is 6.07 Å². The molecular formula is C17H22F3N3O2. The van der Waals surface area contributed by atoms with Gasteiger partial charge in [-0.15, -0.1) is 0 Å². The van der Waals surface area contributed by atoms with Gasteiger partial charge in [-0.1, -0.05) is 0 Å². The molecule has 5 nitrogen and oxygen atoms in total. The van der Waals surface area contributed by atoms with Crippen LogP contribution in [0.5, 0.6) is 0 Å². The summed E-state index contributed by atoms with van der Waals surface area (Å²) in [5.74, 6) is 0.485. The fourth-order valence-electron chi connectivity index (χ4n) is 3.45. The minimum atomic E-state index is -4.43. The number of aromatic nitrogens is 1. The van der Waals surface area contributed by atoms with Crippen LogP contribution in [0.2, 0.25) is 0 Å². The highest BCUT2D eigenvalue weighted by molar-refractivity contribution is 5.94. The molecule has 1 aromatic rings. The number of carbonyl (C=O) groups excluding carboxylic acids is 1. The number of alkyl halides is 3. The molecule has 25 heavy (non-hydrogen) atoms. The van der Waals surface area contributed by atoms with E-state index in [2.05, 4.69) is 15.2 Å². The number of likely N-dealkylation sites (tertiary alicyclic amines) is 1. The van der Waals surface area contributed by atoms with Crippen LogP contribution in [0.15, 0.2) is 18.3 Å². The van der Waals surface area contributed by atoms with Gasteiger partial charge in [0.25, 0.3) is 0 Å². The maximum atomic E-state index is 12.6. The third-order valence-corrected chi connectivity index (χ3v) is 4.84. The molecule has 1 aromatic heterocycles.